The molecule has 1 aromatic carbocycles. The fourth-order valence-corrected chi connectivity index (χ4v) is 1.31. The van der Waals surface area contributed by atoms with E-state index in [-0.39, 0.29) is 11.8 Å². The van der Waals surface area contributed by atoms with Crippen molar-refractivity contribution in [3.8, 4) is 0 Å². The molecule has 1 rings (SSSR count). The third kappa shape index (κ3) is 2.94. The number of hydrogen-bond donors (Lipinski definition) is 1. The van der Waals surface area contributed by atoms with Crippen LogP contribution in [-0.2, 0) is 9.53 Å². The van der Waals surface area contributed by atoms with Gasteiger partial charge in [-0.3, -0.25) is 10.1 Å². The van der Waals surface area contributed by atoms with E-state index >= 15 is 0 Å². The summed E-state index contributed by atoms with van der Waals surface area (Å²) in [7, 11) is 1.59. The lowest BCUT2D eigenvalue weighted by Gasteiger charge is -2.15. The van der Waals surface area contributed by atoms with Crippen molar-refractivity contribution in [2.45, 2.75) is 13.0 Å². The Morgan fingerprint density at radius 3 is 2.57 bits per heavy atom. The van der Waals surface area contributed by atoms with Crippen LogP contribution in [0.3, 0.4) is 0 Å². The van der Waals surface area contributed by atoms with Crippen molar-refractivity contribution >= 4 is 5.78 Å². The van der Waals surface area contributed by atoms with E-state index in [0.717, 1.165) is 5.56 Å². The lowest BCUT2D eigenvalue weighted by molar-refractivity contribution is -0.119. The maximum atomic E-state index is 11.3. The second-order valence-corrected chi connectivity index (χ2v) is 3.09. The van der Waals surface area contributed by atoms with Gasteiger partial charge < -0.3 is 4.74 Å². The Morgan fingerprint density at radius 1 is 1.43 bits per heavy atom. The predicted molar refractivity (Wildman–Crippen MR) is 54.9 cm³/mol. The second kappa shape index (κ2) is 5.52. The van der Waals surface area contributed by atoms with Gasteiger partial charge in [0.25, 0.3) is 0 Å². The Kier molecular flexibility index (Phi) is 4.29. The summed E-state index contributed by atoms with van der Waals surface area (Å²) in [5, 5.41) is 3.01. The van der Waals surface area contributed by atoms with Crippen LogP contribution < -0.4 is 5.32 Å². The summed E-state index contributed by atoms with van der Waals surface area (Å²) in [6.45, 7) is 1.94. The first-order valence-corrected chi connectivity index (χ1v) is 4.53. The van der Waals surface area contributed by atoms with Gasteiger partial charge in [0, 0.05) is 7.11 Å². The SMILES string of the molecule is COCNC(C(C)=O)c1ccccc1. The molecular weight excluding hydrogens is 178 g/mol. The van der Waals surface area contributed by atoms with Gasteiger partial charge >= 0.3 is 0 Å². The highest BCUT2D eigenvalue weighted by Gasteiger charge is 2.14. The highest BCUT2D eigenvalue weighted by Crippen LogP contribution is 2.12. The molecule has 0 aliphatic heterocycles. The van der Waals surface area contributed by atoms with E-state index in [1.54, 1.807) is 14.0 Å². The standard InChI is InChI=1S/C11H15NO2/c1-9(13)11(12-8-14-2)10-6-4-3-5-7-10/h3-7,11-12H,8H2,1-2H3. The van der Waals surface area contributed by atoms with E-state index in [9.17, 15) is 4.79 Å². The van der Waals surface area contributed by atoms with Gasteiger partial charge in [0.15, 0.2) is 5.78 Å². The van der Waals surface area contributed by atoms with Gasteiger partial charge in [-0.2, -0.15) is 0 Å². The first-order chi connectivity index (χ1) is 6.75. The zero-order valence-electron chi connectivity index (χ0n) is 8.49. The van der Waals surface area contributed by atoms with Crippen molar-refractivity contribution in [3.63, 3.8) is 0 Å². The Hall–Kier alpha value is -1.19. The van der Waals surface area contributed by atoms with Crippen molar-refractivity contribution in [2.24, 2.45) is 0 Å². The monoisotopic (exact) mass is 193 g/mol. The molecular formula is C11H15NO2. The number of benzene rings is 1. The molecule has 3 heteroatoms. The molecule has 1 unspecified atom stereocenters. The summed E-state index contributed by atoms with van der Waals surface area (Å²) < 4.78 is 4.88. The molecule has 1 aromatic rings. The molecule has 1 N–H and O–H groups in total. The van der Waals surface area contributed by atoms with E-state index in [1.807, 2.05) is 30.3 Å². The molecule has 0 aliphatic carbocycles. The second-order valence-electron chi connectivity index (χ2n) is 3.09. The third-order valence-electron chi connectivity index (χ3n) is 1.97. The highest BCUT2D eigenvalue weighted by atomic mass is 16.5. The fraction of sp³-hybridized carbons (Fsp3) is 0.364. The lowest BCUT2D eigenvalue weighted by Crippen LogP contribution is -2.28. The Labute approximate surface area is 84.1 Å². The summed E-state index contributed by atoms with van der Waals surface area (Å²) in [4.78, 5) is 11.3. The highest BCUT2D eigenvalue weighted by molar-refractivity contribution is 5.82. The quantitative estimate of drug-likeness (QED) is 0.720. The number of Topliss-reactive ketones (excluding diaryl/α,β-unsaturated/α-hetero) is 1. The van der Waals surface area contributed by atoms with E-state index in [0.29, 0.717) is 6.73 Å². The van der Waals surface area contributed by atoms with Crippen molar-refractivity contribution in [1.29, 1.82) is 0 Å². The number of ketones is 1. The number of nitrogens with one attached hydrogen (secondary N) is 1. The van der Waals surface area contributed by atoms with E-state index in [2.05, 4.69) is 5.32 Å². The average molecular weight is 193 g/mol. The van der Waals surface area contributed by atoms with Gasteiger partial charge in [-0.1, -0.05) is 30.3 Å². The zero-order valence-corrected chi connectivity index (χ0v) is 8.49. The summed E-state index contributed by atoms with van der Waals surface area (Å²) in [5.74, 6) is 0.0910. The Balaban J connectivity index is 2.73. The van der Waals surface area contributed by atoms with Gasteiger partial charge in [0.2, 0.25) is 0 Å². The van der Waals surface area contributed by atoms with Crippen LogP contribution in [0.25, 0.3) is 0 Å². The molecule has 0 amide bonds. The molecule has 0 aliphatic rings. The predicted octanol–water partition coefficient (Wildman–Crippen LogP) is 1.51. The topological polar surface area (TPSA) is 38.3 Å². The van der Waals surface area contributed by atoms with Crippen LogP contribution in [0.2, 0.25) is 0 Å². The van der Waals surface area contributed by atoms with Crippen LogP contribution in [0.4, 0.5) is 0 Å². The molecule has 14 heavy (non-hydrogen) atoms. The van der Waals surface area contributed by atoms with Crippen molar-refractivity contribution in [2.75, 3.05) is 13.8 Å². The maximum absolute atomic E-state index is 11.3. The zero-order chi connectivity index (χ0) is 10.4. The number of carbonyl (C=O) groups excluding carboxylic acids is 1. The molecule has 1 atom stereocenters. The van der Waals surface area contributed by atoms with Gasteiger partial charge in [-0.25, -0.2) is 0 Å². The molecule has 76 valence electrons. The summed E-state index contributed by atoms with van der Waals surface area (Å²) in [6, 6.07) is 9.34. The molecule has 0 heterocycles. The number of ether oxygens (including phenoxy) is 1. The minimum Gasteiger partial charge on any atom is -0.370 e. The molecule has 0 spiro atoms. The first kappa shape index (κ1) is 10.9. The minimum absolute atomic E-state index is 0.0910. The number of carbonyl (C=O) groups is 1. The molecule has 0 saturated heterocycles. The number of hydrogen-bond acceptors (Lipinski definition) is 3. The molecule has 0 aromatic heterocycles. The Bertz CT molecular complexity index is 285. The number of rotatable bonds is 5. The summed E-state index contributed by atoms with van der Waals surface area (Å²) in [6.07, 6.45) is 0. The normalized spacial score (nSPS) is 12.4. The molecule has 3 nitrogen and oxygen atoms in total. The van der Waals surface area contributed by atoms with E-state index in [1.165, 1.54) is 0 Å². The van der Waals surface area contributed by atoms with E-state index in [4.69, 9.17) is 4.74 Å². The van der Waals surface area contributed by atoms with Crippen LogP contribution in [0.1, 0.15) is 18.5 Å². The van der Waals surface area contributed by atoms with Crippen LogP contribution in [0, 0.1) is 0 Å². The van der Waals surface area contributed by atoms with Gasteiger partial charge in [0.05, 0.1) is 12.8 Å². The van der Waals surface area contributed by atoms with Gasteiger partial charge in [0.1, 0.15) is 0 Å². The fourth-order valence-electron chi connectivity index (χ4n) is 1.31. The molecule has 0 fully saturated rings. The largest absolute Gasteiger partial charge is 0.370 e. The van der Waals surface area contributed by atoms with Crippen LogP contribution in [0.5, 0.6) is 0 Å². The van der Waals surface area contributed by atoms with E-state index < -0.39 is 0 Å². The van der Waals surface area contributed by atoms with Crippen molar-refractivity contribution in [1.82, 2.24) is 5.32 Å². The molecule has 0 saturated carbocycles. The molecule has 0 radical (unpaired) electrons. The minimum atomic E-state index is -0.267. The Morgan fingerprint density at radius 2 is 2.07 bits per heavy atom. The van der Waals surface area contributed by atoms with Gasteiger partial charge in [-0.15, -0.1) is 0 Å². The van der Waals surface area contributed by atoms with Crippen molar-refractivity contribution in [3.05, 3.63) is 35.9 Å². The molecule has 0 bridgehead atoms. The maximum Gasteiger partial charge on any atom is 0.151 e. The third-order valence-corrected chi connectivity index (χ3v) is 1.97. The first-order valence-electron chi connectivity index (χ1n) is 4.53. The number of methoxy groups -OCH3 is 1. The van der Waals surface area contributed by atoms with Crippen LogP contribution >= 0.6 is 0 Å². The summed E-state index contributed by atoms with van der Waals surface area (Å²) in [5.41, 5.74) is 0.969. The van der Waals surface area contributed by atoms with Crippen LogP contribution in [-0.4, -0.2) is 19.6 Å². The van der Waals surface area contributed by atoms with Gasteiger partial charge in [-0.05, 0) is 12.5 Å². The smallest absolute Gasteiger partial charge is 0.151 e. The summed E-state index contributed by atoms with van der Waals surface area (Å²) >= 11 is 0. The van der Waals surface area contributed by atoms with Crippen LogP contribution in [0.15, 0.2) is 30.3 Å². The lowest BCUT2D eigenvalue weighted by atomic mass is 10.0. The van der Waals surface area contributed by atoms with Crippen molar-refractivity contribution < 1.29 is 9.53 Å². The average Bonchev–Trinajstić information content (AvgIpc) is 2.19.